The molecule has 0 spiro atoms. The van der Waals surface area contributed by atoms with E-state index in [1.54, 1.807) is 12.1 Å². The van der Waals surface area contributed by atoms with E-state index in [2.05, 4.69) is 18.0 Å². The molecule has 1 aliphatic rings. The lowest BCUT2D eigenvalue weighted by Crippen LogP contribution is -2.37. The average molecular weight is 319 g/mol. The predicted molar refractivity (Wildman–Crippen MR) is 94.7 cm³/mol. The number of benzene rings is 1. The quantitative estimate of drug-likeness (QED) is 0.862. The van der Waals surface area contributed by atoms with Crippen molar-refractivity contribution in [2.24, 2.45) is 0 Å². The highest BCUT2D eigenvalue weighted by Crippen LogP contribution is 2.20. The van der Waals surface area contributed by atoms with E-state index in [0.29, 0.717) is 18.2 Å². The van der Waals surface area contributed by atoms with Gasteiger partial charge in [0.05, 0.1) is 11.6 Å². The lowest BCUT2D eigenvalue weighted by atomic mass is 9.91. The molecule has 4 heteroatoms. The van der Waals surface area contributed by atoms with Crippen LogP contribution in [-0.4, -0.2) is 10.6 Å². The normalized spacial score (nSPS) is 16.2. The summed E-state index contributed by atoms with van der Waals surface area (Å²) in [5, 5.41) is 12.6. The number of pyridine rings is 1. The van der Waals surface area contributed by atoms with Crippen LogP contribution in [0.1, 0.15) is 28.8 Å². The maximum atomic E-state index is 12.0. The largest absolute Gasteiger partial charge is 0.310 e. The van der Waals surface area contributed by atoms with Crippen LogP contribution in [0.5, 0.6) is 0 Å². The summed E-state index contributed by atoms with van der Waals surface area (Å²) in [4.78, 5) is 12.0. The third-order valence-electron chi connectivity index (χ3n) is 4.55. The zero-order valence-corrected chi connectivity index (χ0v) is 13.7. The summed E-state index contributed by atoms with van der Waals surface area (Å²) in [6.07, 6.45) is 4.60. The molecule has 0 saturated carbocycles. The molecule has 0 aliphatic heterocycles. The van der Waals surface area contributed by atoms with Gasteiger partial charge in [0, 0.05) is 30.9 Å². The standard InChI is InChI=1S/C20H21N3O/c1-2-10-23-19-8-7-18(12-17(19)6-9-20(23)24)22-14-16-5-3-4-15(11-16)13-21/h2-6,9,11,18,22H,1,7-8,10,12,14H2/t18-/m1/s1. The summed E-state index contributed by atoms with van der Waals surface area (Å²) in [7, 11) is 0. The molecule has 1 aromatic heterocycles. The van der Waals surface area contributed by atoms with Crippen LogP contribution >= 0.6 is 0 Å². The Labute approximate surface area is 142 Å². The van der Waals surface area contributed by atoms with Gasteiger partial charge >= 0.3 is 0 Å². The fraction of sp³-hybridized carbons (Fsp3) is 0.300. The SMILES string of the molecule is C=CCn1c2c(ccc1=O)C[C@H](NCc1cccc(C#N)c1)CC2. The molecule has 1 aromatic carbocycles. The van der Waals surface area contributed by atoms with Crippen LogP contribution in [0.25, 0.3) is 0 Å². The molecule has 1 atom stereocenters. The first-order chi connectivity index (χ1) is 11.7. The number of nitrogens with zero attached hydrogens (tertiary/aromatic N) is 2. The molecule has 2 aromatic rings. The van der Waals surface area contributed by atoms with Crippen molar-refractivity contribution in [3.63, 3.8) is 0 Å². The van der Waals surface area contributed by atoms with E-state index in [0.717, 1.165) is 37.1 Å². The maximum absolute atomic E-state index is 12.0. The van der Waals surface area contributed by atoms with Gasteiger partial charge in [-0.3, -0.25) is 4.79 Å². The van der Waals surface area contributed by atoms with Crippen LogP contribution in [0, 0.1) is 11.3 Å². The van der Waals surface area contributed by atoms with Gasteiger partial charge in [0.25, 0.3) is 5.56 Å². The Hall–Kier alpha value is -2.64. The molecule has 24 heavy (non-hydrogen) atoms. The second-order valence-electron chi connectivity index (χ2n) is 6.18. The molecule has 0 radical (unpaired) electrons. The minimum atomic E-state index is 0.0494. The van der Waals surface area contributed by atoms with Crippen molar-refractivity contribution in [1.29, 1.82) is 5.26 Å². The number of aromatic nitrogens is 1. The molecule has 3 rings (SSSR count). The third-order valence-corrected chi connectivity index (χ3v) is 4.55. The zero-order valence-electron chi connectivity index (χ0n) is 13.7. The summed E-state index contributed by atoms with van der Waals surface area (Å²) >= 11 is 0. The number of allylic oxidation sites excluding steroid dienone is 1. The summed E-state index contributed by atoms with van der Waals surface area (Å²) < 4.78 is 1.83. The first-order valence-electron chi connectivity index (χ1n) is 8.26. The number of hydrogen-bond donors (Lipinski definition) is 1. The van der Waals surface area contributed by atoms with E-state index in [1.165, 1.54) is 5.56 Å². The van der Waals surface area contributed by atoms with Crippen LogP contribution < -0.4 is 10.9 Å². The second kappa shape index (κ2) is 7.29. The van der Waals surface area contributed by atoms with Gasteiger partial charge in [0.2, 0.25) is 0 Å². The molecule has 1 N–H and O–H groups in total. The fourth-order valence-electron chi connectivity index (χ4n) is 3.34. The molecule has 0 amide bonds. The molecular formula is C20H21N3O. The molecule has 1 aliphatic carbocycles. The van der Waals surface area contributed by atoms with Crippen LogP contribution in [0.15, 0.2) is 53.8 Å². The summed E-state index contributed by atoms with van der Waals surface area (Å²) in [6.45, 7) is 5.07. The topological polar surface area (TPSA) is 57.8 Å². The van der Waals surface area contributed by atoms with E-state index in [-0.39, 0.29) is 5.56 Å². The van der Waals surface area contributed by atoms with Crippen molar-refractivity contribution in [2.45, 2.75) is 38.4 Å². The van der Waals surface area contributed by atoms with Gasteiger partial charge in [0.15, 0.2) is 0 Å². The minimum absolute atomic E-state index is 0.0494. The number of hydrogen-bond acceptors (Lipinski definition) is 3. The van der Waals surface area contributed by atoms with Crippen LogP contribution in [-0.2, 0) is 25.9 Å². The lowest BCUT2D eigenvalue weighted by Gasteiger charge is -2.27. The third kappa shape index (κ3) is 3.47. The van der Waals surface area contributed by atoms with Crippen molar-refractivity contribution in [2.75, 3.05) is 0 Å². The minimum Gasteiger partial charge on any atom is -0.310 e. The van der Waals surface area contributed by atoms with Gasteiger partial charge in [-0.1, -0.05) is 24.3 Å². The highest BCUT2D eigenvalue weighted by atomic mass is 16.1. The predicted octanol–water partition coefficient (Wildman–Crippen LogP) is 2.55. The Morgan fingerprint density at radius 1 is 1.38 bits per heavy atom. The molecule has 1 heterocycles. The molecule has 0 unspecified atom stereocenters. The monoisotopic (exact) mass is 319 g/mol. The molecule has 0 bridgehead atoms. The summed E-state index contributed by atoms with van der Waals surface area (Å²) in [5.41, 5.74) is 4.25. The molecular weight excluding hydrogens is 298 g/mol. The van der Waals surface area contributed by atoms with E-state index < -0.39 is 0 Å². The van der Waals surface area contributed by atoms with Crippen molar-refractivity contribution in [1.82, 2.24) is 9.88 Å². The lowest BCUT2D eigenvalue weighted by molar-refractivity contribution is 0.443. The molecule has 122 valence electrons. The van der Waals surface area contributed by atoms with E-state index in [1.807, 2.05) is 34.9 Å². The van der Waals surface area contributed by atoms with Crippen LogP contribution in [0.4, 0.5) is 0 Å². The Bertz CT molecular complexity index is 845. The first-order valence-corrected chi connectivity index (χ1v) is 8.26. The van der Waals surface area contributed by atoms with Crippen molar-refractivity contribution < 1.29 is 0 Å². The van der Waals surface area contributed by atoms with Gasteiger partial charge in [0.1, 0.15) is 0 Å². The zero-order chi connectivity index (χ0) is 16.9. The first kappa shape index (κ1) is 16.2. The van der Waals surface area contributed by atoms with Gasteiger partial charge < -0.3 is 9.88 Å². The van der Waals surface area contributed by atoms with Gasteiger partial charge in [-0.25, -0.2) is 0 Å². The molecule has 4 nitrogen and oxygen atoms in total. The number of fused-ring (bicyclic) bond motifs is 1. The smallest absolute Gasteiger partial charge is 0.251 e. The Balaban J connectivity index is 1.69. The fourth-order valence-corrected chi connectivity index (χ4v) is 3.34. The highest BCUT2D eigenvalue weighted by molar-refractivity contribution is 5.33. The van der Waals surface area contributed by atoms with E-state index >= 15 is 0 Å². The van der Waals surface area contributed by atoms with E-state index in [4.69, 9.17) is 5.26 Å². The van der Waals surface area contributed by atoms with Gasteiger partial charge in [-0.05, 0) is 42.5 Å². The second-order valence-corrected chi connectivity index (χ2v) is 6.18. The average Bonchev–Trinajstić information content (AvgIpc) is 2.62. The number of nitriles is 1. The van der Waals surface area contributed by atoms with Gasteiger partial charge in [-0.15, -0.1) is 6.58 Å². The van der Waals surface area contributed by atoms with Crippen molar-refractivity contribution in [3.8, 4) is 6.07 Å². The van der Waals surface area contributed by atoms with E-state index in [9.17, 15) is 4.79 Å². The Morgan fingerprint density at radius 2 is 2.25 bits per heavy atom. The van der Waals surface area contributed by atoms with Crippen molar-refractivity contribution >= 4 is 0 Å². The highest BCUT2D eigenvalue weighted by Gasteiger charge is 2.20. The number of nitrogens with one attached hydrogen (secondary N) is 1. The summed E-state index contributed by atoms with van der Waals surface area (Å²) in [6, 6.07) is 13.9. The van der Waals surface area contributed by atoms with Crippen molar-refractivity contribution in [3.05, 3.63) is 81.8 Å². The number of rotatable bonds is 5. The summed E-state index contributed by atoms with van der Waals surface area (Å²) in [5.74, 6) is 0. The van der Waals surface area contributed by atoms with Gasteiger partial charge in [-0.2, -0.15) is 5.26 Å². The molecule has 0 fully saturated rings. The maximum Gasteiger partial charge on any atom is 0.251 e. The van der Waals surface area contributed by atoms with Crippen LogP contribution in [0.3, 0.4) is 0 Å². The molecule has 0 saturated heterocycles. The van der Waals surface area contributed by atoms with Crippen LogP contribution in [0.2, 0.25) is 0 Å². The Kier molecular flexibility index (Phi) is 4.93. The Morgan fingerprint density at radius 3 is 3.04 bits per heavy atom.